The fourth-order valence-corrected chi connectivity index (χ4v) is 3.14. The highest BCUT2D eigenvalue weighted by molar-refractivity contribution is 7.18. The molecule has 3 rings (SSSR count). The Morgan fingerprint density at radius 3 is 2.56 bits per heavy atom. The van der Waals surface area contributed by atoms with Crippen LogP contribution in [-0.4, -0.2) is 16.7 Å². The molecule has 0 saturated carbocycles. The number of thiazole rings is 1. The monoisotopic (exact) mass is 352 g/mol. The lowest BCUT2D eigenvalue weighted by atomic mass is 10.1. The summed E-state index contributed by atoms with van der Waals surface area (Å²) in [5.41, 5.74) is 1.42. The molecule has 0 radical (unpaired) electrons. The summed E-state index contributed by atoms with van der Waals surface area (Å²) in [6.45, 7) is 3.33. The molecule has 0 spiro atoms. The van der Waals surface area contributed by atoms with E-state index in [9.17, 15) is 9.59 Å². The molecular weight excluding hydrogens is 336 g/mol. The maximum Gasteiger partial charge on any atom is 0.250 e. The first-order chi connectivity index (χ1) is 12.0. The zero-order valence-corrected chi connectivity index (χ0v) is 14.6. The number of nitrogens with zero attached hydrogens (tertiary/aromatic N) is 1. The molecule has 0 bridgehead atoms. The molecular formula is C19H16N2O3S. The van der Waals surface area contributed by atoms with E-state index in [2.05, 4.69) is 10.3 Å². The lowest BCUT2D eigenvalue weighted by Crippen LogP contribution is -2.07. The Balaban J connectivity index is 1.80. The number of rotatable bonds is 5. The van der Waals surface area contributed by atoms with E-state index in [0.717, 1.165) is 11.3 Å². The zero-order chi connectivity index (χ0) is 17.8. The number of anilines is 1. The van der Waals surface area contributed by atoms with Crippen molar-refractivity contribution in [1.82, 2.24) is 4.98 Å². The summed E-state index contributed by atoms with van der Waals surface area (Å²) < 4.78 is 5.37. The Bertz CT molecular complexity index is 939. The van der Waals surface area contributed by atoms with E-state index in [0.29, 0.717) is 21.5 Å². The summed E-state index contributed by atoms with van der Waals surface area (Å²) in [6.07, 6.45) is 2.95. The number of nitrogens with one attached hydrogen (secondary N) is 1. The molecule has 3 aromatic rings. The number of carbonyl (C=O) groups excluding carboxylic acids is 2. The third-order valence-electron chi connectivity index (χ3n) is 3.38. The summed E-state index contributed by atoms with van der Waals surface area (Å²) in [7, 11) is 0. The topological polar surface area (TPSA) is 72.2 Å². The van der Waals surface area contributed by atoms with Crippen LogP contribution >= 0.6 is 11.3 Å². The third kappa shape index (κ3) is 4.10. The summed E-state index contributed by atoms with van der Waals surface area (Å²) in [5.74, 6) is 0.954. The second-order valence-electron chi connectivity index (χ2n) is 5.39. The Hall–Kier alpha value is -2.99. The highest BCUT2D eigenvalue weighted by Crippen LogP contribution is 2.31. The van der Waals surface area contributed by atoms with Crippen molar-refractivity contribution in [2.75, 3.05) is 5.32 Å². The van der Waals surface area contributed by atoms with Gasteiger partial charge in [-0.1, -0.05) is 41.7 Å². The number of aromatic nitrogens is 1. The maximum atomic E-state index is 12.1. The van der Waals surface area contributed by atoms with Crippen LogP contribution in [0.5, 0.6) is 0 Å². The van der Waals surface area contributed by atoms with Crippen molar-refractivity contribution in [1.29, 1.82) is 0 Å². The van der Waals surface area contributed by atoms with Gasteiger partial charge < -0.3 is 4.42 Å². The number of Topliss-reactive ketones (excluding diaryl/α,β-unsaturated/α-hetero) is 1. The van der Waals surface area contributed by atoms with E-state index in [4.69, 9.17) is 4.42 Å². The number of amides is 1. The van der Waals surface area contributed by atoms with E-state index in [1.54, 1.807) is 12.1 Å². The predicted molar refractivity (Wildman–Crippen MR) is 98.7 cm³/mol. The minimum Gasteiger partial charge on any atom is -0.462 e. The highest BCUT2D eigenvalue weighted by atomic mass is 32.1. The second kappa shape index (κ2) is 7.27. The fraction of sp³-hybridized carbons (Fsp3) is 0.105. The van der Waals surface area contributed by atoms with Crippen LogP contribution in [0, 0.1) is 6.92 Å². The van der Waals surface area contributed by atoms with Crippen LogP contribution < -0.4 is 5.32 Å². The lowest BCUT2D eigenvalue weighted by Gasteiger charge is -1.98. The Morgan fingerprint density at radius 2 is 1.92 bits per heavy atom. The van der Waals surface area contributed by atoms with Crippen LogP contribution in [0.3, 0.4) is 0 Å². The van der Waals surface area contributed by atoms with Gasteiger partial charge in [0.2, 0.25) is 5.91 Å². The molecule has 2 aromatic heterocycles. The Morgan fingerprint density at radius 1 is 1.16 bits per heavy atom. The third-order valence-corrected chi connectivity index (χ3v) is 4.46. The molecule has 0 aliphatic rings. The van der Waals surface area contributed by atoms with Crippen molar-refractivity contribution in [2.24, 2.45) is 0 Å². The Labute approximate surface area is 149 Å². The van der Waals surface area contributed by atoms with Crippen LogP contribution in [0.2, 0.25) is 0 Å². The van der Waals surface area contributed by atoms with Gasteiger partial charge >= 0.3 is 0 Å². The van der Waals surface area contributed by atoms with E-state index in [1.807, 2.05) is 43.3 Å². The molecule has 1 aromatic carbocycles. The SMILES string of the molecule is CC(=O)c1sc(NC(=O)C=Cc2ccc(C)o2)nc1-c1ccccc1. The van der Waals surface area contributed by atoms with Crippen molar-refractivity contribution in [3.8, 4) is 11.3 Å². The number of carbonyl (C=O) groups is 2. The van der Waals surface area contributed by atoms with E-state index in [-0.39, 0.29) is 11.7 Å². The summed E-state index contributed by atoms with van der Waals surface area (Å²) in [6, 6.07) is 13.0. The van der Waals surface area contributed by atoms with Gasteiger partial charge in [0.15, 0.2) is 10.9 Å². The number of benzene rings is 1. The molecule has 0 aliphatic carbocycles. The van der Waals surface area contributed by atoms with Crippen molar-refractivity contribution in [3.05, 3.63) is 64.9 Å². The van der Waals surface area contributed by atoms with Crippen LogP contribution in [-0.2, 0) is 4.79 Å². The first-order valence-corrected chi connectivity index (χ1v) is 8.47. The smallest absolute Gasteiger partial charge is 0.250 e. The molecule has 5 nitrogen and oxygen atoms in total. The normalized spacial score (nSPS) is 11.0. The van der Waals surface area contributed by atoms with Crippen LogP contribution in [0.25, 0.3) is 17.3 Å². The maximum absolute atomic E-state index is 12.1. The highest BCUT2D eigenvalue weighted by Gasteiger charge is 2.17. The average molecular weight is 352 g/mol. The van der Waals surface area contributed by atoms with Crippen LogP contribution in [0.4, 0.5) is 5.13 Å². The molecule has 0 aliphatic heterocycles. The second-order valence-corrected chi connectivity index (χ2v) is 6.39. The van der Waals surface area contributed by atoms with Gasteiger partial charge in [-0.05, 0) is 25.1 Å². The standard InChI is InChI=1S/C19H16N2O3S/c1-12-8-9-15(24-12)10-11-16(23)20-19-21-17(18(25-19)13(2)22)14-6-4-3-5-7-14/h3-11H,1-2H3,(H,20,21,23). The lowest BCUT2D eigenvalue weighted by molar-refractivity contribution is -0.111. The first-order valence-electron chi connectivity index (χ1n) is 7.65. The van der Waals surface area contributed by atoms with Gasteiger partial charge in [-0.25, -0.2) is 4.98 Å². The van der Waals surface area contributed by atoms with Crippen LogP contribution in [0.1, 0.15) is 28.1 Å². The molecule has 0 unspecified atom stereocenters. The number of hydrogen-bond acceptors (Lipinski definition) is 5. The minimum atomic E-state index is -0.336. The molecule has 0 atom stereocenters. The van der Waals surface area contributed by atoms with Crippen molar-refractivity contribution in [3.63, 3.8) is 0 Å². The number of aryl methyl sites for hydroxylation is 1. The summed E-state index contributed by atoms with van der Waals surface area (Å²) in [4.78, 5) is 28.9. The van der Waals surface area contributed by atoms with E-state index < -0.39 is 0 Å². The zero-order valence-electron chi connectivity index (χ0n) is 13.8. The molecule has 0 fully saturated rings. The van der Waals surface area contributed by atoms with Gasteiger partial charge in [-0.3, -0.25) is 14.9 Å². The van der Waals surface area contributed by atoms with Gasteiger partial charge in [0, 0.05) is 18.6 Å². The van der Waals surface area contributed by atoms with E-state index >= 15 is 0 Å². The fourth-order valence-electron chi connectivity index (χ4n) is 2.25. The number of ketones is 1. The molecule has 25 heavy (non-hydrogen) atoms. The Kier molecular flexibility index (Phi) is 4.90. The number of hydrogen-bond donors (Lipinski definition) is 1. The largest absolute Gasteiger partial charge is 0.462 e. The summed E-state index contributed by atoms with van der Waals surface area (Å²) in [5, 5.41) is 3.08. The van der Waals surface area contributed by atoms with Crippen LogP contribution in [0.15, 0.2) is 53.0 Å². The predicted octanol–water partition coefficient (Wildman–Crippen LogP) is 4.57. The van der Waals surface area contributed by atoms with E-state index in [1.165, 1.54) is 24.3 Å². The average Bonchev–Trinajstić information content (AvgIpc) is 3.20. The van der Waals surface area contributed by atoms with Gasteiger partial charge in [0.1, 0.15) is 11.5 Å². The molecule has 1 amide bonds. The van der Waals surface area contributed by atoms with Crippen molar-refractivity contribution >= 4 is 34.2 Å². The molecule has 0 saturated heterocycles. The van der Waals surface area contributed by atoms with Gasteiger partial charge in [0.05, 0.1) is 10.6 Å². The molecule has 2 heterocycles. The summed E-state index contributed by atoms with van der Waals surface area (Å²) >= 11 is 1.17. The quantitative estimate of drug-likeness (QED) is 0.539. The molecule has 6 heteroatoms. The van der Waals surface area contributed by atoms with Gasteiger partial charge in [0.25, 0.3) is 0 Å². The molecule has 126 valence electrons. The van der Waals surface area contributed by atoms with Gasteiger partial charge in [-0.2, -0.15) is 0 Å². The number of furan rings is 1. The van der Waals surface area contributed by atoms with Crippen molar-refractivity contribution < 1.29 is 14.0 Å². The minimum absolute atomic E-state index is 0.0848. The molecule has 1 N–H and O–H groups in total. The van der Waals surface area contributed by atoms with Crippen molar-refractivity contribution in [2.45, 2.75) is 13.8 Å². The first kappa shape index (κ1) is 16.9. The van der Waals surface area contributed by atoms with Gasteiger partial charge in [-0.15, -0.1) is 0 Å².